The van der Waals surface area contributed by atoms with Gasteiger partial charge >= 0.3 is 0 Å². The Morgan fingerprint density at radius 3 is 2.27 bits per heavy atom. The summed E-state index contributed by atoms with van der Waals surface area (Å²) in [6, 6.07) is 0.0353. The SMILES string of the molecule is C=CC(=O)N1CCN(C(=O)C=C)C(C)C1. The molecule has 1 aliphatic rings. The first-order valence-electron chi connectivity index (χ1n) is 4.94. The number of hydrogen-bond donors (Lipinski definition) is 0. The van der Waals surface area contributed by atoms with E-state index in [1.807, 2.05) is 6.92 Å². The van der Waals surface area contributed by atoms with Gasteiger partial charge in [0.1, 0.15) is 0 Å². The maximum absolute atomic E-state index is 11.4. The summed E-state index contributed by atoms with van der Waals surface area (Å²) >= 11 is 0. The van der Waals surface area contributed by atoms with Gasteiger partial charge in [-0.15, -0.1) is 0 Å². The van der Waals surface area contributed by atoms with Crippen LogP contribution in [0.3, 0.4) is 0 Å². The molecule has 0 spiro atoms. The summed E-state index contributed by atoms with van der Waals surface area (Å²) in [5.74, 6) is -0.152. The first kappa shape index (κ1) is 11.5. The Labute approximate surface area is 89.8 Å². The Bertz CT molecular complexity index is 299. The molecule has 0 aromatic heterocycles. The number of rotatable bonds is 2. The third kappa shape index (κ3) is 2.46. The van der Waals surface area contributed by atoms with E-state index < -0.39 is 0 Å². The Morgan fingerprint density at radius 1 is 1.20 bits per heavy atom. The lowest BCUT2D eigenvalue weighted by Gasteiger charge is -2.39. The molecule has 1 heterocycles. The highest BCUT2D eigenvalue weighted by Crippen LogP contribution is 2.10. The minimum atomic E-state index is -0.0763. The zero-order valence-electron chi connectivity index (χ0n) is 8.98. The summed E-state index contributed by atoms with van der Waals surface area (Å²) in [6.45, 7) is 10.5. The van der Waals surface area contributed by atoms with Crippen LogP contribution in [0, 0.1) is 0 Å². The lowest BCUT2D eigenvalue weighted by Crippen LogP contribution is -2.54. The standard InChI is InChI=1S/C11H16N2O2/c1-4-10(14)12-6-7-13(9(3)8-12)11(15)5-2/h4-5,9H,1-2,6-8H2,3H3. The van der Waals surface area contributed by atoms with E-state index in [1.165, 1.54) is 12.2 Å². The number of carbonyl (C=O) groups is 2. The van der Waals surface area contributed by atoms with Crippen molar-refractivity contribution in [3.8, 4) is 0 Å². The van der Waals surface area contributed by atoms with Crippen LogP contribution in [0.5, 0.6) is 0 Å². The first-order chi connectivity index (χ1) is 7.10. The fraction of sp³-hybridized carbons (Fsp3) is 0.455. The van der Waals surface area contributed by atoms with Gasteiger partial charge in [-0.2, -0.15) is 0 Å². The Hall–Kier alpha value is -1.58. The van der Waals surface area contributed by atoms with Crippen molar-refractivity contribution >= 4 is 11.8 Å². The van der Waals surface area contributed by atoms with Crippen molar-refractivity contribution in [2.24, 2.45) is 0 Å². The van der Waals surface area contributed by atoms with Gasteiger partial charge in [-0.3, -0.25) is 9.59 Å². The Morgan fingerprint density at radius 2 is 1.80 bits per heavy atom. The van der Waals surface area contributed by atoms with Crippen molar-refractivity contribution in [3.63, 3.8) is 0 Å². The van der Waals surface area contributed by atoms with E-state index in [4.69, 9.17) is 0 Å². The number of hydrogen-bond acceptors (Lipinski definition) is 2. The summed E-state index contributed by atoms with van der Waals surface area (Å²) in [5.41, 5.74) is 0. The molecule has 2 amide bonds. The van der Waals surface area contributed by atoms with Gasteiger partial charge in [-0.1, -0.05) is 13.2 Å². The minimum absolute atomic E-state index is 0.0353. The fourth-order valence-corrected chi connectivity index (χ4v) is 1.73. The van der Waals surface area contributed by atoms with Gasteiger partial charge in [0.25, 0.3) is 0 Å². The molecule has 1 saturated heterocycles. The molecule has 1 fully saturated rings. The normalized spacial score (nSPS) is 21.0. The summed E-state index contributed by atoms with van der Waals surface area (Å²) < 4.78 is 0. The highest BCUT2D eigenvalue weighted by molar-refractivity contribution is 5.89. The lowest BCUT2D eigenvalue weighted by atomic mass is 10.2. The van der Waals surface area contributed by atoms with E-state index in [0.717, 1.165) is 0 Å². The van der Waals surface area contributed by atoms with Crippen LogP contribution in [0.15, 0.2) is 25.3 Å². The number of carbonyl (C=O) groups excluding carboxylic acids is 2. The molecule has 0 N–H and O–H groups in total. The topological polar surface area (TPSA) is 40.6 Å². The summed E-state index contributed by atoms with van der Waals surface area (Å²) in [5, 5.41) is 0. The molecule has 4 heteroatoms. The molecule has 1 unspecified atom stereocenters. The van der Waals surface area contributed by atoms with Crippen LogP contribution in [0.4, 0.5) is 0 Å². The molecular weight excluding hydrogens is 192 g/mol. The average Bonchev–Trinajstić information content (AvgIpc) is 2.26. The predicted molar refractivity (Wildman–Crippen MR) is 58.1 cm³/mol. The van der Waals surface area contributed by atoms with E-state index >= 15 is 0 Å². The van der Waals surface area contributed by atoms with Gasteiger partial charge in [-0.25, -0.2) is 0 Å². The molecule has 82 valence electrons. The average molecular weight is 208 g/mol. The molecule has 1 atom stereocenters. The molecule has 0 saturated carbocycles. The fourth-order valence-electron chi connectivity index (χ4n) is 1.73. The van der Waals surface area contributed by atoms with Crippen molar-refractivity contribution in [2.75, 3.05) is 19.6 Å². The van der Waals surface area contributed by atoms with Crippen LogP contribution in [0.25, 0.3) is 0 Å². The molecular formula is C11H16N2O2. The first-order valence-corrected chi connectivity index (χ1v) is 4.94. The molecule has 1 rings (SSSR count). The molecule has 0 aromatic carbocycles. The van der Waals surface area contributed by atoms with Crippen LogP contribution in [-0.4, -0.2) is 47.3 Å². The van der Waals surface area contributed by atoms with Gasteiger partial charge in [0.05, 0.1) is 0 Å². The largest absolute Gasteiger partial charge is 0.335 e. The van der Waals surface area contributed by atoms with Crippen molar-refractivity contribution in [1.29, 1.82) is 0 Å². The zero-order chi connectivity index (χ0) is 11.4. The molecule has 1 aliphatic heterocycles. The molecule has 0 radical (unpaired) electrons. The van der Waals surface area contributed by atoms with Crippen molar-refractivity contribution in [3.05, 3.63) is 25.3 Å². The molecule has 0 aromatic rings. The molecule has 0 bridgehead atoms. The van der Waals surface area contributed by atoms with E-state index in [2.05, 4.69) is 13.2 Å². The van der Waals surface area contributed by atoms with E-state index in [-0.39, 0.29) is 17.9 Å². The molecule has 15 heavy (non-hydrogen) atoms. The summed E-state index contributed by atoms with van der Waals surface area (Å²) in [6.07, 6.45) is 2.61. The molecule has 4 nitrogen and oxygen atoms in total. The van der Waals surface area contributed by atoms with Gasteiger partial charge in [0.15, 0.2) is 0 Å². The van der Waals surface area contributed by atoms with Crippen LogP contribution in [0.2, 0.25) is 0 Å². The Balaban J connectivity index is 2.62. The summed E-state index contributed by atoms with van der Waals surface area (Å²) in [7, 11) is 0. The van der Waals surface area contributed by atoms with Gasteiger partial charge in [-0.05, 0) is 19.1 Å². The smallest absolute Gasteiger partial charge is 0.246 e. The van der Waals surface area contributed by atoms with E-state index in [0.29, 0.717) is 19.6 Å². The monoisotopic (exact) mass is 208 g/mol. The minimum Gasteiger partial charge on any atom is -0.335 e. The van der Waals surface area contributed by atoms with Crippen molar-refractivity contribution in [1.82, 2.24) is 9.80 Å². The van der Waals surface area contributed by atoms with Crippen LogP contribution >= 0.6 is 0 Å². The highest BCUT2D eigenvalue weighted by atomic mass is 16.2. The predicted octanol–water partition coefficient (Wildman–Crippen LogP) is 0.418. The summed E-state index contributed by atoms with van der Waals surface area (Å²) in [4.78, 5) is 26.2. The van der Waals surface area contributed by atoms with Crippen LogP contribution in [-0.2, 0) is 9.59 Å². The van der Waals surface area contributed by atoms with Crippen molar-refractivity contribution in [2.45, 2.75) is 13.0 Å². The second-order valence-corrected chi connectivity index (χ2v) is 3.57. The van der Waals surface area contributed by atoms with Gasteiger partial charge in [0, 0.05) is 25.7 Å². The van der Waals surface area contributed by atoms with Crippen molar-refractivity contribution < 1.29 is 9.59 Å². The maximum Gasteiger partial charge on any atom is 0.246 e. The van der Waals surface area contributed by atoms with Crippen LogP contribution < -0.4 is 0 Å². The third-order valence-corrected chi connectivity index (χ3v) is 2.57. The third-order valence-electron chi connectivity index (χ3n) is 2.57. The lowest BCUT2D eigenvalue weighted by molar-refractivity contribution is -0.136. The molecule has 0 aliphatic carbocycles. The van der Waals surface area contributed by atoms with Crippen LogP contribution in [0.1, 0.15) is 6.92 Å². The number of piperazine rings is 1. The number of nitrogens with zero attached hydrogens (tertiary/aromatic N) is 2. The highest BCUT2D eigenvalue weighted by Gasteiger charge is 2.27. The van der Waals surface area contributed by atoms with E-state index in [1.54, 1.807) is 9.80 Å². The second-order valence-electron chi connectivity index (χ2n) is 3.57. The second kappa shape index (κ2) is 4.77. The quantitative estimate of drug-likeness (QED) is 0.617. The Kier molecular flexibility index (Phi) is 3.66. The maximum atomic E-state index is 11.4. The van der Waals surface area contributed by atoms with Gasteiger partial charge in [0.2, 0.25) is 11.8 Å². The van der Waals surface area contributed by atoms with Gasteiger partial charge < -0.3 is 9.80 Å². The zero-order valence-corrected chi connectivity index (χ0v) is 8.98. The van der Waals surface area contributed by atoms with E-state index in [9.17, 15) is 9.59 Å². The number of amides is 2.